The number of nitrogens with one attached hydrogen (secondary N) is 1. The summed E-state index contributed by atoms with van der Waals surface area (Å²) in [5.74, 6) is 1.03. The van der Waals surface area contributed by atoms with E-state index in [1.807, 2.05) is 19.2 Å². The molecule has 0 saturated carbocycles. The third-order valence-corrected chi connectivity index (χ3v) is 4.01. The topological polar surface area (TPSA) is 21.3 Å². The van der Waals surface area contributed by atoms with Gasteiger partial charge in [0, 0.05) is 5.02 Å². The Bertz CT molecular complexity index is 594. The maximum absolute atomic E-state index is 5.96. The summed E-state index contributed by atoms with van der Waals surface area (Å²) in [4.78, 5) is 0. The second-order valence-corrected chi connectivity index (χ2v) is 5.53. The molecule has 1 N–H and O–H groups in total. The van der Waals surface area contributed by atoms with E-state index in [9.17, 15) is 0 Å². The summed E-state index contributed by atoms with van der Waals surface area (Å²) < 4.78 is 5.68. The van der Waals surface area contributed by atoms with Crippen LogP contribution < -0.4 is 10.1 Å². The van der Waals surface area contributed by atoms with Gasteiger partial charge in [0.05, 0.1) is 12.6 Å². The molecule has 0 aliphatic carbocycles. The lowest BCUT2D eigenvalue weighted by molar-refractivity contribution is 0.288. The fourth-order valence-corrected chi connectivity index (χ4v) is 2.87. The summed E-state index contributed by atoms with van der Waals surface area (Å²) in [7, 11) is 1.98. The number of fused-ring (bicyclic) bond motifs is 1. The first-order valence-corrected chi connectivity index (χ1v) is 7.34. The maximum Gasteiger partial charge on any atom is 0.122 e. The molecule has 1 unspecified atom stereocenters. The van der Waals surface area contributed by atoms with Gasteiger partial charge in [-0.05, 0) is 54.8 Å². The smallest absolute Gasteiger partial charge is 0.122 e. The second-order valence-electron chi connectivity index (χ2n) is 5.09. The number of benzene rings is 2. The van der Waals surface area contributed by atoms with Gasteiger partial charge in [-0.1, -0.05) is 35.9 Å². The fraction of sp³-hybridized carbons (Fsp3) is 0.294. The molecule has 104 valence electrons. The molecule has 1 heterocycles. The van der Waals surface area contributed by atoms with Crippen LogP contribution in [0.25, 0.3) is 0 Å². The van der Waals surface area contributed by atoms with Crippen LogP contribution in [0.3, 0.4) is 0 Å². The van der Waals surface area contributed by atoms with Crippen molar-refractivity contribution in [2.75, 3.05) is 13.7 Å². The number of rotatable bonds is 3. The predicted octanol–water partition coefficient (Wildman–Crippen LogP) is 3.97. The van der Waals surface area contributed by atoms with Gasteiger partial charge in [-0.25, -0.2) is 0 Å². The van der Waals surface area contributed by atoms with Gasteiger partial charge in [0.1, 0.15) is 5.75 Å². The Balaban J connectivity index is 1.94. The average molecular weight is 288 g/mol. The van der Waals surface area contributed by atoms with Crippen LogP contribution in [-0.4, -0.2) is 13.7 Å². The van der Waals surface area contributed by atoms with Gasteiger partial charge in [-0.2, -0.15) is 0 Å². The van der Waals surface area contributed by atoms with E-state index in [1.54, 1.807) is 0 Å². The van der Waals surface area contributed by atoms with Gasteiger partial charge in [0.25, 0.3) is 0 Å². The van der Waals surface area contributed by atoms with Gasteiger partial charge in [-0.3, -0.25) is 0 Å². The zero-order valence-corrected chi connectivity index (χ0v) is 12.3. The molecule has 0 fully saturated rings. The minimum atomic E-state index is 0.180. The Hall–Kier alpha value is -1.51. The molecule has 0 amide bonds. The highest BCUT2D eigenvalue weighted by Gasteiger charge is 2.16. The Labute approximate surface area is 124 Å². The first kappa shape index (κ1) is 13.5. The number of hydrogen-bond acceptors (Lipinski definition) is 2. The summed E-state index contributed by atoms with van der Waals surface area (Å²) in [5, 5.41) is 4.14. The summed E-state index contributed by atoms with van der Waals surface area (Å²) in [6.07, 6.45) is 2.20. The minimum Gasteiger partial charge on any atom is -0.493 e. The molecule has 0 aromatic heterocycles. The monoisotopic (exact) mass is 287 g/mol. The van der Waals surface area contributed by atoms with Gasteiger partial charge in [0.15, 0.2) is 0 Å². The Morgan fingerprint density at radius 3 is 2.60 bits per heavy atom. The van der Waals surface area contributed by atoms with Crippen molar-refractivity contribution in [3.63, 3.8) is 0 Å². The van der Waals surface area contributed by atoms with E-state index in [0.29, 0.717) is 0 Å². The van der Waals surface area contributed by atoms with Crippen LogP contribution >= 0.6 is 11.6 Å². The van der Waals surface area contributed by atoms with Crippen molar-refractivity contribution >= 4 is 11.6 Å². The first-order chi connectivity index (χ1) is 9.78. The van der Waals surface area contributed by atoms with Crippen LogP contribution in [0.4, 0.5) is 0 Å². The van der Waals surface area contributed by atoms with Crippen molar-refractivity contribution in [2.24, 2.45) is 0 Å². The normalized spacial score (nSPS) is 15.3. The highest BCUT2D eigenvalue weighted by molar-refractivity contribution is 6.30. The highest BCUT2D eigenvalue weighted by atomic mass is 35.5. The van der Waals surface area contributed by atoms with E-state index in [0.717, 1.165) is 30.2 Å². The molecule has 0 saturated heterocycles. The van der Waals surface area contributed by atoms with Gasteiger partial charge in [-0.15, -0.1) is 0 Å². The quantitative estimate of drug-likeness (QED) is 0.922. The molecule has 2 aromatic rings. The van der Waals surface area contributed by atoms with Gasteiger partial charge < -0.3 is 10.1 Å². The van der Waals surface area contributed by atoms with Gasteiger partial charge in [0.2, 0.25) is 0 Å². The Kier molecular flexibility index (Phi) is 3.95. The van der Waals surface area contributed by atoms with Crippen LogP contribution in [0, 0.1) is 0 Å². The molecule has 0 radical (unpaired) electrons. The van der Waals surface area contributed by atoms with Gasteiger partial charge >= 0.3 is 0 Å². The Morgan fingerprint density at radius 1 is 1.10 bits per heavy atom. The zero-order chi connectivity index (χ0) is 13.9. The standard InChI is InChI=1S/C17H18ClNO/c1-19-17(12-4-7-15(18)8-5-12)14-6-9-16-13(11-14)3-2-10-20-16/h4-9,11,17,19H,2-3,10H2,1H3. The molecular weight excluding hydrogens is 270 g/mol. The molecule has 0 spiro atoms. The molecule has 20 heavy (non-hydrogen) atoms. The molecule has 3 heteroatoms. The van der Waals surface area contributed by atoms with Crippen molar-refractivity contribution in [3.05, 3.63) is 64.2 Å². The lowest BCUT2D eigenvalue weighted by atomic mass is 9.95. The summed E-state index contributed by atoms with van der Waals surface area (Å²) in [5.41, 5.74) is 3.79. The molecule has 1 aliphatic heterocycles. The van der Waals surface area contributed by atoms with Crippen molar-refractivity contribution in [1.29, 1.82) is 0 Å². The number of ether oxygens (including phenoxy) is 1. The second kappa shape index (κ2) is 5.86. The molecule has 2 aromatic carbocycles. The van der Waals surface area contributed by atoms with Crippen LogP contribution in [-0.2, 0) is 6.42 Å². The molecule has 2 nitrogen and oxygen atoms in total. The maximum atomic E-state index is 5.96. The summed E-state index contributed by atoms with van der Waals surface area (Å²) in [6.45, 7) is 0.832. The van der Waals surface area contributed by atoms with E-state index >= 15 is 0 Å². The molecule has 3 rings (SSSR count). The Morgan fingerprint density at radius 2 is 1.85 bits per heavy atom. The van der Waals surface area contributed by atoms with Crippen molar-refractivity contribution in [2.45, 2.75) is 18.9 Å². The van der Waals surface area contributed by atoms with Crippen molar-refractivity contribution in [3.8, 4) is 5.75 Å². The number of halogens is 1. The van der Waals surface area contributed by atoms with E-state index in [1.165, 1.54) is 16.7 Å². The zero-order valence-electron chi connectivity index (χ0n) is 11.5. The lowest BCUT2D eigenvalue weighted by Crippen LogP contribution is -2.18. The molecule has 1 atom stereocenters. The van der Waals surface area contributed by atoms with E-state index in [4.69, 9.17) is 16.3 Å². The predicted molar refractivity (Wildman–Crippen MR) is 82.6 cm³/mol. The SMILES string of the molecule is CNC(c1ccc(Cl)cc1)c1ccc2c(c1)CCCO2. The average Bonchev–Trinajstić information content (AvgIpc) is 2.50. The number of aryl methyl sites for hydroxylation is 1. The minimum absolute atomic E-state index is 0.180. The lowest BCUT2D eigenvalue weighted by Gasteiger charge is -2.22. The fourth-order valence-electron chi connectivity index (χ4n) is 2.74. The molecule has 1 aliphatic rings. The van der Waals surface area contributed by atoms with Crippen LogP contribution in [0.2, 0.25) is 5.02 Å². The van der Waals surface area contributed by atoms with Crippen molar-refractivity contribution < 1.29 is 4.74 Å². The highest BCUT2D eigenvalue weighted by Crippen LogP contribution is 2.30. The first-order valence-electron chi connectivity index (χ1n) is 6.96. The third-order valence-electron chi connectivity index (χ3n) is 3.76. The number of hydrogen-bond donors (Lipinski definition) is 1. The summed E-state index contributed by atoms with van der Waals surface area (Å²) in [6, 6.07) is 14.7. The largest absolute Gasteiger partial charge is 0.493 e. The van der Waals surface area contributed by atoms with E-state index < -0.39 is 0 Å². The van der Waals surface area contributed by atoms with E-state index in [2.05, 4.69) is 35.6 Å². The van der Waals surface area contributed by atoms with E-state index in [-0.39, 0.29) is 6.04 Å². The van der Waals surface area contributed by atoms with Crippen LogP contribution in [0.15, 0.2) is 42.5 Å². The summed E-state index contributed by atoms with van der Waals surface area (Å²) >= 11 is 5.96. The molecule has 0 bridgehead atoms. The van der Waals surface area contributed by atoms with Crippen molar-refractivity contribution in [1.82, 2.24) is 5.32 Å². The van der Waals surface area contributed by atoms with Crippen LogP contribution in [0.1, 0.15) is 29.2 Å². The third kappa shape index (κ3) is 2.67. The molecular formula is C17H18ClNO. The van der Waals surface area contributed by atoms with Crippen LogP contribution in [0.5, 0.6) is 5.75 Å².